The quantitative estimate of drug-likeness (QED) is 0.677. The fraction of sp³-hybridized carbons (Fsp3) is 0.647. The van der Waals surface area contributed by atoms with E-state index in [1.807, 2.05) is 0 Å². The summed E-state index contributed by atoms with van der Waals surface area (Å²) in [6.07, 6.45) is 2.47. The van der Waals surface area contributed by atoms with Crippen LogP contribution in [0.15, 0.2) is 24.3 Å². The highest BCUT2D eigenvalue weighted by molar-refractivity contribution is 5.29. The summed E-state index contributed by atoms with van der Waals surface area (Å²) in [7, 11) is 0. The monoisotopic (exact) mass is 248 g/mol. The molecule has 1 nitrogen and oxygen atoms in total. The molecule has 0 aliphatic rings. The Labute approximate surface area is 113 Å². The van der Waals surface area contributed by atoms with Gasteiger partial charge in [-0.15, -0.1) is 0 Å². The van der Waals surface area contributed by atoms with Gasteiger partial charge < -0.3 is 4.74 Å². The first-order valence-electron chi connectivity index (χ1n) is 7.10. The van der Waals surface area contributed by atoms with E-state index >= 15 is 0 Å². The lowest BCUT2D eigenvalue weighted by molar-refractivity contribution is 0.131. The maximum Gasteiger partial charge on any atom is 0.120 e. The van der Waals surface area contributed by atoms with Gasteiger partial charge in [0.15, 0.2) is 0 Å². The second-order valence-corrected chi connectivity index (χ2v) is 6.52. The smallest absolute Gasteiger partial charge is 0.120 e. The molecule has 102 valence electrons. The lowest BCUT2D eigenvalue weighted by Gasteiger charge is -2.22. The topological polar surface area (TPSA) is 9.23 Å². The molecule has 0 spiro atoms. The van der Waals surface area contributed by atoms with E-state index in [0.717, 1.165) is 11.7 Å². The Hall–Kier alpha value is -0.980. The van der Waals surface area contributed by atoms with E-state index in [4.69, 9.17) is 4.74 Å². The van der Waals surface area contributed by atoms with Gasteiger partial charge in [-0.25, -0.2) is 0 Å². The normalized spacial score (nSPS) is 13.7. The standard InChI is InChI=1S/C17H28O/c1-7-14(12-13(2)3)15-8-10-16(11-9-15)18-17(4,5)6/h8-11,13-14H,7,12H2,1-6H3. The third kappa shape index (κ3) is 5.12. The largest absolute Gasteiger partial charge is 0.488 e. The van der Waals surface area contributed by atoms with Gasteiger partial charge in [0, 0.05) is 0 Å². The molecule has 0 amide bonds. The van der Waals surface area contributed by atoms with E-state index in [-0.39, 0.29) is 5.60 Å². The van der Waals surface area contributed by atoms with Crippen LogP contribution in [0.1, 0.15) is 65.9 Å². The Bertz CT molecular complexity index is 343. The Morgan fingerprint density at radius 3 is 2.00 bits per heavy atom. The van der Waals surface area contributed by atoms with Crippen molar-refractivity contribution in [3.8, 4) is 5.75 Å². The minimum Gasteiger partial charge on any atom is -0.488 e. The second-order valence-electron chi connectivity index (χ2n) is 6.52. The fourth-order valence-electron chi connectivity index (χ4n) is 2.27. The number of hydrogen-bond acceptors (Lipinski definition) is 1. The minimum atomic E-state index is -0.121. The molecule has 1 heteroatoms. The molecular formula is C17H28O. The van der Waals surface area contributed by atoms with E-state index in [1.54, 1.807) is 0 Å². The van der Waals surface area contributed by atoms with Gasteiger partial charge in [0.05, 0.1) is 0 Å². The Balaban J connectivity index is 2.74. The predicted molar refractivity (Wildman–Crippen MR) is 79.3 cm³/mol. The van der Waals surface area contributed by atoms with Gasteiger partial charge in [0.2, 0.25) is 0 Å². The molecule has 18 heavy (non-hydrogen) atoms. The number of rotatable bonds is 5. The molecule has 1 rings (SSSR count). The first-order chi connectivity index (χ1) is 8.31. The van der Waals surface area contributed by atoms with Crippen molar-refractivity contribution in [2.45, 2.75) is 65.9 Å². The highest BCUT2D eigenvalue weighted by Crippen LogP contribution is 2.29. The zero-order chi connectivity index (χ0) is 13.8. The van der Waals surface area contributed by atoms with Crippen molar-refractivity contribution < 1.29 is 4.74 Å². The maximum atomic E-state index is 5.85. The highest BCUT2D eigenvalue weighted by atomic mass is 16.5. The van der Waals surface area contributed by atoms with Gasteiger partial charge in [0.1, 0.15) is 11.4 Å². The summed E-state index contributed by atoms with van der Waals surface area (Å²) in [6.45, 7) is 13.1. The van der Waals surface area contributed by atoms with E-state index < -0.39 is 0 Å². The van der Waals surface area contributed by atoms with Crippen LogP contribution < -0.4 is 4.74 Å². The lowest BCUT2D eigenvalue weighted by Crippen LogP contribution is -2.22. The van der Waals surface area contributed by atoms with E-state index in [2.05, 4.69) is 65.8 Å². The first kappa shape index (κ1) is 15.1. The van der Waals surface area contributed by atoms with Crippen LogP contribution in [0.25, 0.3) is 0 Å². The molecule has 0 aliphatic heterocycles. The SMILES string of the molecule is CCC(CC(C)C)c1ccc(OC(C)(C)C)cc1. The van der Waals surface area contributed by atoms with E-state index in [9.17, 15) is 0 Å². The Morgan fingerprint density at radius 1 is 1.06 bits per heavy atom. The molecular weight excluding hydrogens is 220 g/mol. The van der Waals surface area contributed by atoms with Crippen molar-refractivity contribution in [1.82, 2.24) is 0 Å². The summed E-state index contributed by atoms with van der Waals surface area (Å²) in [6, 6.07) is 8.64. The van der Waals surface area contributed by atoms with Crippen LogP contribution in [0.4, 0.5) is 0 Å². The molecule has 0 saturated carbocycles. The zero-order valence-corrected chi connectivity index (χ0v) is 12.8. The van der Waals surface area contributed by atoms with Gasteiger partial charge >= 0.3 is 0 Å². The highest BCUT2D eigenvalue weighted by Gasteiger charge is 2.14. The van der Waals surface area contributed by atoms with Crippen molar-refractivity contribution in [1.29, 1.82) is 0 Å². The lowest BCUT2D eigenvalue weighted by atomic mass is 9.88. The van der Waals surface area contributed by atoms with Gasteiger partial charge in [0.25, 0.3) is 0 Å². The maximum absolute atomic E-state index is 5.85. The van der Waals surface area contributed by atoms with Gasteiger partial charge in [-0.1, -0.05) is 32.9 Å². The molecule has 0 saturated heterocycles. The molecule has 1 aromatic rings. The van der Waals surface area contributed by atoms with Gasteiger partial charge in [-0.05, 0) is 63.1 Å². The molecule has 0 aromatic heterocycles. The van der Waals surface area contributed by atoms with Crippen LogP contribution in [0, 0.1) is 5.92 Å². The van der Waals surface area contributed by atoms with Crippen molar-refractivity contribution in [2.24, 2.45) is 5.92 Å². The first-order valence-corrected chi connectivity index (χ1v) is 7.10. The molecule has 0 fully saturated rings. The van der Waals surface area contributed by atoms with Crippen LogP contribution in [-0.4, -0.2) is 5.60 Å². The van der Waals surface area contributed by atoms with Gasteiger partial charge in [-0.3, -0.25) is 0 Å². The molecule has 1 unspecified atom stereocenters. The number of benzene rings is 1. The summed E-state index contributed by atoms with van der Waals surface area (Å²) in [5.74, 6) is 2.39. The summed E-state index contributed by atoms with van der Waals surface area (Å²) in [5, 5.41) is 0. The average Bonchev–Trinajstić information content (AvgIpc) is 2.24. The van der Waals surface area contributed by atoms with Crippen molar-refractivity contribution in [2.75, 3.05) is 0 Å². The number of hydrogen-bond donors (Lipinski definition) is 0. The van der Waals surface area contributed by atoms with Crippen LogP contribution in [0.5, 0.6) is 5.75 Å². The van der Waals surface area contributed by atoms with Crippen LogP contribution >= 0.6 is 0 Å². The molecule has 0 aliphatic carbocycles. The Kier molecular flexibility index (Phi) is 5.25. The summed E-state index contributed by atoms with van der Waals surface area (Å²) in [5.41, 5.74) is 1.32. The second kappa shape index (κ2) is 6.26. The molecule has 1 atom stereocenters. The fourth-order valence-corrected chi connectivity index (χ4v) is 2.27. The zero-order valence-electron chi connectivity index (χ0n) is 12.8. The third-order valence-corrected chi connectivity index (χ3v) is 3.02. The van der Waals surface area contributed by atoms with E-state index in [0.29, 0.717) is 5.92 Å². The molecule has 1 aromatic carbocycles. The average molecular weight is 248 g/mol. The van der Waals surface area contributed by atoms with Gasteiger partial charge in [-0.2, -0.15) is 0 Å². The van der Waals surface area contributed by atoms with Crippen molar-refractivity contribution in [3.05, 3.63) is 29.8 Å². The van der Waals surface area contributed by atoms with Crippen LogP contribution in [-0.2, 0) is 0 Å². The molecule has 0 radical (unpaired) electrons. The molecule has 0 heterocycles. The summed E-state index contributed by atoms with van der Waals surface area (Å²) >= 11 is 0. The number of ether oxygens (including phenoxy) is 1. The summed E-state index contributed by atoms with van der Waals surface area (Å²) < 4.78 is 5.85. The third-order valence-electron chi connectivity index (χ3n) is 3.02. The van der Waals surface area contributed by atoms with Crippen molar-refractivity contribution >= 4 is 0 Å². The van der Waals surface area contributed by atoms with Crippen LogP contribution in [0.3, 0.4) is 0 Å². The van der Waals surface area contributed by atoms with Crippen molar-refractivity contribution in [3.63, 3.8) is 0 Å². The predicted octanol–water partition coefficient (Wildman–Crippen LogP) is 5.40. The molecule has 0 bridgehead atoms. The summed E-state index contributed by atoms with van der Waals surface area (Å²) in [4.78, 5) is 0. The Morgan fingerprint density at radius 2 is 1.61 bits per heavy atom. The van der Waals surface area contributed by atoms with E-state index in [1.165, 1.54) is 18.4 Å². The van der Waals surface area contributed by atoms with Crippen LogP contribution in [0.2, 0.25) is 0 Å². The molecule has 0 N–H and O–H groups in total. The minimum absolute atomic E-state index is 0.121.